The molecule has 4 aromatic rings. The Morgan fingerprint density at radius 1 is 0.385 bits per heavy atom. The molecule has 0 unspecified atom stereocenters. The van der Waals surface area contributed by atoms with Crippen LogP contribution < -0.4 is 0 Å². The first-order valence-corrected chi connectivity index (χ1v) is 9.10. The Morgan fingerprint density at radius 3 is 1.04 bits per heavy atom. The molecule has 0 atom stereocenters. The Balaban J connectivity index is 2.00. The summed E-state index contributed by atoms with van der Waals surface area (Å²) in [5, 5.41) is 0. The van der Waals surface area contributed by atoms with Crippen molar-refractivity contribution in [3.63, 3.8) is 0 Å². The highest BCUT2D eigenvalue weighted by Crippen LogP contribution is 2.41. The summed E-state index contributed by atoms with van der Waals surface area (Å²) in [4.78, 5) is 0. The fraction of sp³-hybridized carbons (Fsp3) is 0.0769. The van der Waals surface area contributed by atoms with Crippen molar-refractivity contribution in [3.8, 4) is 0 Å². The Labute approximate surface area is 155 Å². The van der Waals surface area contributed by atoms with E-state index < -0.39 is 0 Å². The molecule has 0 bridgehead atoms. The summed E-state index contributed by atoms with van der Waals surface area (Å²) in [5.41, 5.74) is 5.08. The summed E-state index contributed by atoms with van der Waals surface area (Å²) in [6, 6.07) is 43.4. The van der Waals surface area contributed by atoms with Crippen molar-refractivity contribution >= 4 is 0 Å². The molecule has 4 rings (SSSR count). The third-order valence-electron chi connectivity index (χ3n) is 5.11. The number of rotatable bonds is 5. The smallest absolute Gasteiger partial charge is 0.0491 e. The van der Waals surface area contributed by atoms with E-state index in [9.17, 15) is 0 Å². The van der Waals surface area contributed by atoms with E-state index in [0.29, 0.717) is 0 Å². The molecule has 0 saturated heterocycles. The summed E-state index contributed by atoms with van der Waals surface area (Å²) in [7, 11) is 0. The summed E-state index contributed by atoms with van der Waals surface area (Å²) in [6.07, 6.45) is 0.922. The zero-order valence-electron chi connectivity index (χ0n) is 14.8. The number of benzene rings is 4. The third-order valence-corrected chi connectivity index (χ3v) is 5.11. The molecule has 0 aliphatic rings. The Hall–Kier alpha value is -3.12. The van der Waals surface area contributed by atoms with Gasteiger partial charge >= 0.3 is 0 Å². The Bertz CT molecular complexity index is 830. The molecule has 0 aliphatic carbocycles. The van der Waals surface area contributed by atoms with E-state index in [1.54, 1.807) is 0 Å². The third kappa shape index (κ3) is 3.07. The van der Waals surface area contributed by atoms with Crippen LogP contribution >= 0.6 is 0 Å². The second-order valence-corrected chi connectivity index (χ2v) is 6.67. The minimum atomic E-state index is -0.217. The van der Waals surface area contributed by atoms with Crippen LogP contribution in [0, 0.1) is 0 Å². The maximum absolute atomic E-state index is 2.25. The maximum atomic E-state index is 2.25. The van der Waals surface area contributed by atoms with Gasteiger partial charge in [0.25, 0.3) is 0 Å². The quantitative estimate of drug-likeness (QED) is 0.378. The summed E-state index contributed by atoms with van der Waals surface area (Å²) in [6.45, 7) is 0. The van der Waals surface area contributed by atoms with Crippen LogP contribution in [0.5, 0.6) is 0 Å². The summed E-state index contributed by atoms with van der Waals surface area (Å²) >= 11 is 0. The predicted molar refractivity (Wildman–Crippen MR) is 109 cm³/mol. The SMILES string of the molecule is c1ccc(CC(c2ccccc2)(c2ccccc2)c2ccccc2)cc1. The van der Waals surface area contributed by atoms with Gasteiger partial charge in [-0.2, -0.15) is 0 Å². The lowest BCUT2D eigenvalue weighted by Crippen LogP contribution is -2.32. The number of hydrogen-bond donors (Lipinski definition) is 0. The summed E-state index contributed by atoms with van der Waals surface area (Å²) < 4.78 is 0. The van der Waals surface area contributed by atoms with Crippen molar-refractivity contribution in [2.24, 2.45) is 0 Å². The molecule has 126 valence electrons. The molecule has 0 fully saturated rings. The van der Waals surface area contributed by atoms with Gasteiger partial charge in [-0.05, 0) is 28.7 Å². The zero-order valence-corrected chi connectivity index (χ0v) is 14.8. The minimum Gasteiger partial charge on any atom is -0.0622 e. The summed E-state index contributed by atoms with van der Waals surface area (Å²) in [5.74, 6) is 0. The molecular weight excluding hydrogens is 312 g/mol. The molecular formula is C26H22. The molecule has 0 aromatic heterocycles. The van der Waals surface area contributed by atoms with Crippen LogP contribution in [0.3, 0.4) is 0 Å². The largest absolute Gasteiger partial charge is 0.0622 e. The van der Waals surface area contributed by atoms with Gasteiger partial charge in [-0.3, -0.25) is 0 Å². The molecule has 0 aliphatic heterocycles. The van der Waals surface area contributed by atoms with E-state index in [0.717, 1.165) is 6.42 Å². The standard InChI is InChI=1S/C26H22/c1-5-13-22(14-6-1)21-26(23-15-7-2-8-16-23,24-17-9-3-10-18-24)25-19-11-4-12-20-25/h1-20H,21H2. The first-order valence-electron chi connectivity index (χ1n) is 9.10. The van der Waals surface area contributed by atoms with Gasteiger partial charge in [-0.15, -0.1) is 0 Å². The predicted octanol–water partition coefficient (Wildman–Crippen LogP) is 6.26. The fourth-order valence-electron chi connectivity index (χ4n) is 3.88. The Kier molecular flexibility index (Phi) is 4.66. The molecule has 0 amide bonds. The van der Waals surface area contributed by atoms with Crippen molar-refractivity contribution in [3.05, 3.63) is 144 Å². The second-order valence-electron chi connectivity index (χ2n) is 6.67. The van der Waals surface area contributed by atoms with E-state index in [2.05, 4.69) is 121 Å². The van der Waals surface area contributed by atoms with Crippen molar-refractivity contribution in [1.29, 1.82) is 0 Å². The van der Waals surface area contributed by atoms with Crippen molar-refractivity contribution in [2.45, 2.75) is 11.8 Å². The molecule has 0 heteroatoms. The van der Waals surface area contributed by atoms with Gasteiger partial charge in [-0.25, -0.2) is 0 Å². The van der Waals surface area contributed by atoms with Crippen molar-refractivity contribution in [2.75, 3.05) is 0 Å². The van der Waals surface area contributed by atoms with E-state index in [1.807, 2.05) is 0 Å². The minimum absolute atomic E-state index is 0.217. The van der Waals surface area contributed by atoms with Gasteiger partial charge in [0.2, 0.25) is 0 Å². The highest BCUT2D eigenvalue weighted by Gasteiger charge is 2.36. The van der Waals surface area contributed by atoms with E-state index >= 15 is 0 Å². The molecule has 0 N–H and O–H groups in total. The van der Waals surface area contributed by atoms with Crippen molar-refractivity contribution < 1.29 is 0 Å². The average Bonchev–Trinajstić information content (AvgIpc) is 2.75. The average molecular weight is 334 g/mol. The maximum Gasteiger partial charge on any atom is 0.0491 e. The van der Waals surface area contributed by atoms with Gasteiger partial charge < -0.3 is 0 Å². The van der Waals surface area contributed by atoms with E-state index in [4.69, 9.17) is 0 Å². The highest BCUT2D eigenvalue weighted by molar-refractivity contribution is 5.52. The topological polar surface area (TPSA) is 0 Å². The van der Waals surface area contributed by atoms with Gasteiger partial charge in [0.05, 0.1) is 0 Å². The molecule has 0 heterocycles. The van der Waals surface area contributed by atoms with Crippen molar-refractivity contribution in [1.82, 2.24) is 0 Å². The van der Waals surface area contributed by atoms with Gasteiger partial charge in [0.1, 0.15) is 0 Å². The molecule has 0 spiro atoms. The lowest BCUT2D eigenvalue weighted by atomic mass is 9.66. The highest BCUT2D eigenvalue weighted by atomic mass is 14.4. The zero-order chi connectivity index (χ0) is 17.7. The first kappa shape index (κ1) is 16.4. The van der Waals surface area contributed by atoms with Crippen LogP contribution in [0.2, 0.25) is 0 Å². The second kappa shape index (κ2) is 7.41. The number of hydrogen-bond acceptors (Lipinski definition) is 0. The molecule has 0 radical (unpaired) electrons. The molecule has 4 aromatic carbocycles. The van der Waals surface area contributed by atoms with Gasteiger partial charge in [0.15, 0.2) is 0 Å². The van der Waals surface area contributed by atoms with Gasteiger partial charge in [-0.1, -0.05) is 121 Å². The molecule has 0 saturated carbocycles. The monoisotopic (exact) mass is 334 g/mol. The van der Waals surface area contributed by atoms with Crippen LogP contribution in [0.15, 0.2) is 121 Å². The first-order chi connectivity index (χ1) is 12.9. The van der Waals surface area contributed by atoms with Crippen LogP contribution in [0.1, 0.15) is 22.3 Å². The van der Waals surface area contributed by atoms with Crippen LogP contribution in [0.4, 0.5) is 0 Å². The Morgan fingerprint density at radius 2 is 0.692 bits per heavy atom. The molecule has 26 heavy (non-hydrogen) atoms. The molecule has 0 nitrogen and oxygen atoms in total. The van der Waals surface area contributed by atoms with Crippen LogP contribution in [0.25, 0.3) is 0 Å². The van der Waals surface area contributed by atoms with Gasteiger partial charge in [0, 0.05) is 5.41 Å². The van der Waals surface area contributed by atoms with Crippen LogP contribution in [-0.2, 0) is 11.8 Å². The lowest BCUT2D eigenvalue weighted by Gasteiger charge is -2.36. The van der Waals surface area contributed by atoms with Crippen LogP contribution in [-0.4, -0.2) is 0 Å². The fourth-order valence-corrected chi connectivity index (χ4v) is 3.88. The van der Waals surface area contributed by atoms with E-state index in [-0.39, 0.29) is 5.41 Å². The van der Waals surface area contributed by atoms with E-state index in [1.165, 1.54) is 22.3 Å². The normalized spacial score (nSPS) is 11.2. The lowest BCUT2D eigenvalue weighted by molar-refractivity contribution is 0.613.